The Morgan fingerprint density at radius 1 is 1.04 bits per heavy atom. The van der Waals surface area contributed by atoms with E-state index >= 15 is 0 Å². The van der Waals surface area contributed by atoms with Gasteiger partial charge < -0.3 is 4.42 Å². The Kier molecular flexibility index (Phi) is 4.15. The van der Waals surface area contributed by atoms with Crippen molar-refractivity contribution in [2.45, 2.75) is 35.9 Å². The van der Waals surface area contributed by atoms with Gasteiger partial charge >= 0.3 is 0 Å². The lowest BCUT2D eigenvalue weighted by Gasteiger charge is -2.10. The predicted octanol–water partition coefficient (Wildman–Crippen LogP) is 5.42. The van der Waals surface area contributed by atoms with Gasteiger partial charge in [0.2, 0.25) is 5.89 Å². The fraction of sp³-hybridized carbons (Fsp3) is 0.222. The molecule has 0 saturated carbocycles. The molecule has 0 bridgehead atoms. The van der Waals surface area contributed by atoms with Crippen LogP contribution in [-0.4, -0.2) is 20.2 Å². The van der Waals surface area contributed by atoms with E-state index < -0.39 is 0 Å². The fourth-order valence-corrected chi connectivity index (χ4v) is 5.39. The van der Waals surface area contributed by atoms with Crippen LogP contribution in [0.1, 0.15) is 23.3 Å². The molecule has 3 aromatic heterocycles. The molecule has 1 aliphatic rings. The second-order valence-corrected chi connectivity index (χ2v) is 8.51. The zero-order chi connectivity index (χ0) is 17.5. The Balaban J connectivity index is 1.50. The lowest BCUT2D eigenvalue weighted by molar-refractivity contribution is 0.465. The summed E-state index contributed by atoms with van der Waals surface area (Å²) in [4.78, 5) is 11.4. The molecule has 5 rings (SSSR count). The zero-order valence-electron chi connectivity index (χ0n) is 13.6. The van der Waals surface area contributed by atoms with Crippen LogP contribution in [0.5, 0.6) is 0 Å². The molecule has 0 saturated heterocycles. The molecule has 0 spiro atoms. The van der Waals surface area contributed by atoms with Crippen molar-refractivity contribution in [3.8, 4) is 11.5 Å². The van der Waals surface area contributed by atoms with E-state index in [0.717, 1.165) is 33.6 Å². The van der Waals surface area contributed by atoms with Gasteiger partial charge in [0.25, 0.3) is 5.22 Å². The third-order valence-corrected chi connectivity index (χ3v) is 6.69. The van der Waals surface area contributed by atoms with E-state index in [1.807, 2.05) is 12.1 Å². The third kappa shape index (κ3) is 2.90. The van der Waals surface area contributed by atoms with E-state index in [4.69, 9.17) is 16.0 Å². The van der Waals surface area contributed by atoms with Crippen LogP contribution in [-0.2, 0) is 12.8 Å². The van der Waals surface area contributed by atoms with Gasteiger partial charge in [0.1, 0.15) is 16.2 Å². The number of thiophene rings is 1. The highest BCUT2D eigenvalue weighted by Gasteiger charge is 2.21. The first-order valence-electron chi connectivity index (χ1n) is 8.30. The van der Waals surface area contributed by atoms with Crippen molar-refractivity contribution >= 4 is 44.9 Å². The van der Waals surface area contributed by atoms with Gasteiger partial charge in [-0.25, -0.2) is 9.97 Å². The van der Waals surface area contributed by atoms with E-state index in [-0.39, 0.29) is 0 Å². The average molecular weight is 401 g/mol. The fourth-order valence-electron chi connectivity index (χ4n) is 3.18. The lowest BCUT2D eigenvalue weighted by atomic mass is 9.97. The minimum absolute atomic E-state index is 0.474. The quantitative estimate of drug-likeness (QED) is 0.427. The van der Waals surface area contributed by atoms with Crippen molar-refractivity contribution in [2.75, 3.05) is 0 Å². The number of aryl methyl sites for hydroxylation is 2. The van der Waals surface area contributed by atoms with Crippen molar-refractivity contribution in [1.82, 2.24) is 20.2 Å². The highest BCUT2D eigenvalue weighted by Crippen LogP contribution is 2.41. The first-order chi connectivity index (χ1) is 12.8. The summed E-state index contributed by atoms with van der Waals surface area (Å²) < 4.78 is 5.82. The number of fused-ring (bicyclic) bond motifs is 3. The van der Waals surface area contributed by atoms with Gasteiger partial charge in [-0.15, -0.1) is 21.5 Å². The summed E-state index contributed by atoms with van der Waals surface area (Å²) in [6.07, 6.45) is 6.32. The minimum Gasteiger partial charge on any atom is -0.411 e. The normalized spacial score (nSPS) is 13.9. The van der Waals surface area contributed by atoms with E-state index in [9.17, 15) is 0 Å². The second-order valence-electron chi connectivity index (χ2n) is 6.05. The number of nitrogens with zero attached hydrogens (tertiary/aromatic N) is 4. The molecule has 0 unspecified atom stereocenters. The Morgan fingerprint density at radius 3 is 2.77 bits per heavy atom. The summed E-state index contributed by atoms with van der Waals surface area (Å²) in [5.74, 6) is 0.474. The maximum absolute atomic E-state index is 5.93. The number of hydrogen-bond acceptors (Lipinski definition) is 7. The Morgan fingerprint density at radius 2 is 1.88 bits per heavy atom. The number of rotatable bonds is 3. The highest BCUT2D eigenvalue weighted by molar-refractivity contribution is 7.99. The van der Waals surface area contributed by atoms with Gasteiger partial charge in [0, 0.05) is 20.8 Å². The van der Waals surface area contributed by atoms with Crippen LogP contribution < -0.4 is 0 Å². The summed E-state index contributed by atoms with van der Waals surface area (Å²) >= 11 is 9.12. The number of aromatic nitrogens is 4. The van der Waals surface area contributed by atoms with Gasteiger partial charge in [-0.3, -0.25) is 0 Å². The molecule has 130 valence electrons. The van der Waals surface area contributed by atoms with Crippen molar-refractivity contribution in [1.29, 1.82) is 0 Å². The average Bonchev–Trinajstić information content (AvgIpc) is 3.27. The molecule has 0 N–H and O–H groups in total. The van der Waals surface area contributed by atoms with Gasteiger partial charge in [-0.05, 0) is 67.3 Å². The number of halogens is 1. The standard InChI is InChI=1S/C18H13ClN4OS2/c19-11-7-5-10(6-8-11)15-22-23-18(24-15)26-17-14-12-3-1-2-4-13(12)25-16(14)20-9-21-17/h5-9H,1-4H2. The molecule has 0 fully saturated rings. The molecular weight excluding hydrogens is 388 g/mol. The number of hydrogen-bond donors (Lipinski definition) is 0. The number of benzene rings is 1. The van der Waals surface area contributed by atoms with E-state index in [0.29, 0.717) is 16.1 Å². The first kappa shape index (κ1) is 16.2. The van der Waals surface area contributed by atoms with Crippen LogP contribution in [0.2, 0.25) is 5.02 Å². The van der Waals surface area contributed by atoms with Crippen LogP contribution >= 0.6 is 34.7 Å². The maximum atomic E-state index is 5.93. The summed E-state index contributed by atoms with van der Waals surface area (Å²) in [7, 11) is 0. The molecule has 0 atom stereocenters. The lowest BCUT2D eigenvalue weighted by Crippen LogP contribution is -1.98. The molecule has 1 aliphatic carbocycles. The van der Waals surface area contributed by atoms with Gasteiger partial charge in [-0.1, -0.05) is 11.6 Å². The molecule has 26 heavy (non-hydrogen) atoms. The van der Waals surface area contributed by atoms with Crippen molar-refractivity contribution in [3.63, 3.8) is 0 Å². The molecule has 1 aromatic carbocycles. The molecule has 5 nitrogen and oxygen atoms in total. The van der Waals surface area contributed by atoms with Crippen LogP contribution in [0.4, 0.5) is 0 Å². The Labute approximate surface area is 162 Å². The third-order valence-electron chi connectivity index (χ3n) is 4.40. The van der Waals surface area contributed by atoms with Crippen molar-refractivity contribution < 1.29 is 4.42 Å². The zero-order valence-corrected chi connectivity index (χ0v) is 16.0. The summed E-state index contributed by atoms with van der Waals surface area (Å²) in [6, 6.07) is 7.34. The minimum atomic E-state index is 0.474. The summed E-state index contributed by atoms with van der Waals surface area (Å²) in [5.41, 5.74) is 2.24. The van der Waals surface area contributed by atoms with E-state index in [1.54, 1.807) is 29.8 Å². The molecule has 0 aliphatic heterocycles. The largest absolute Gasteiger partial charge is 0.411 e. The van der Waals surface area contributed by atoms with Crippen LogP contribution in [0.3, 0.4) is 0 Å². The van der Waals surface area contributed by atoms with Gasteiger partial charge in [0.05, 0.1) is 0 Å². The highest BCUT2D eigenvalue weighted by atomic mass is 35.5. The molecule has 0 radical (unpaired) electrons. The molecule has 0 amide bonds. The monoisotopic (exact) mass is 400 g/mol. The second kappa shape index (κ2) is 6.64. The molecule has 4 aromatic rings. The Bertz CT molecular complexity index is 1090. The van der Waals surface area contributed by atoms with Crippen LogP contribution in [0.25, 0.3) is 21.7 Å². The maximum Gasteiger partial charge on any atom is 0.283 e. The molecule has 3 heterocycles. The van der Waals surface area contributed by atoms with Gasteiger partial charge in [-0.2, -0.15) is 0 Å². The SMILES string of the molecule is Clc1ccc(-c2nnc(Sc3ncnc4sc5c(c34)CCCC5)o2)cc1. The van der Waals surface area contributed by atoms with Crippen molar-refractivity contribution in [2.24, 2.45) is 0 Å². The Hall–Kier alpha value is -1.96. The van der Waals surface area contributed by atoms with Crippen LogP contribution in [0, 0.1) is 0 Å². The van der Waals surface area contributed by atoms with Crippen molar-refractivity contribution in [3.05, 3.63) is 46.1 Å². The van der Waals surface area contributed by atoms with E-state index in [2.05, 4.69) is 20.2 Å². The van der Waals surface area contributed by atoms with Gasteiger partial charge in [0.15, 0.2) is 0 Å². The summed E-state index contributed by atoms with van der Waals surface area (Å²) in [5, 5.41) is 11.5. The first-order valence-corrected chi connectivity index (χ1v) is 10.3. The predicted molar refractivity (Wildman–Crippen MR) is 103 cm³/mol. The molecule has 8 heteroatoms. The van der Waals surface area contributed by atoms with Crippen LogP contribution in [0.15, 0.2) is 45.3 Å². The molecular formula is C18H13ClN4OS2. The summed E-state index contributed by atoms with van der Waals surface area (Å²) in [6.45, 7) is 0. The van der Waals surface area contributed by atoms with E-state index in [1.165, 1.54) is 35.0 Å². The smallest absolute Gasteiger partial charge is 0.283 e. The topological polar surface area (TPSA) is 64.7 Å².